The first-order chi connectivity index (χ1) is 9.28. The van der Waals surface area contributed by atoms with Crippen molar-refractivity contribution < 1.29 is 9.18 Å². The lowest BCUT2D eigenvalue weighted by molar-refractivity contribution is 0.112. The number of imidazole rings is 1. The molecule has 5 nitrogen and oxygen atoms in total. The lowest BCUT2D eigenvalue weighted by Crippen LogP contribution is -1.89. The van der Waals surface area contributed by atoms with Crippen LogP contribution in [0.3, 0.4) is 0 Å². The van der Waals surface area contributed by atoms with Gasteiger partial charge in [-0.15, -0.1) is 0 Å². The fraction of sp³-hybridized carbons (Fsp3) is 0. The van der Waals surface area contributed by atoms with E-state index in [-0.39, 0.29) is 0 Å². The first-order valence-corrected chi connectivity index (χ1v) is 6.16. The standard InChI is InChI=1S/C12H7FN4OS/c13-8-3-7(4-18)1-2-9(8)19-12-10-11(15-5-14-10)16-6-17-12/h1-6H,(H,14,15,16,17). The van der Waals surface area contributed by atoms with E-state index >= 15 is 0 Å². The summed E-state index contributed by atoms with van der Waals surface area (Å²) in [5.74, 6) is -0.458. The van der Waals surface area contributed by atoms with Crippen LogP contribution in [0.2, 0.25) is 0 Å². The number of halogens is 1. The summed E-state index contributed by atoms with van der Waals surface area (Å²) in [5, 5.41) is 0.584. The second-order valence-corrected chi connectivity index (χ2v) is 4.72. The lowest BCUT2D eigenvalue weighted by atomic mass is 10.2. The molecule has 19 heavy (non-hydrogen) atoms. The lowest BCUT2D eigenvalue weighted by Gasteiger charge is -2.03. The van der Waals surface area contributed by atoms with Crippen molar-refractivity contribution >= 4 is 29.2 Å². The van der Waals surface area contributed by atoms with Crippen LogP contribution < -0.4 is 0 Å². The summed E-state index contributed by atoms with van der Waals surface area (Å²) in [6.07, 6.45) is 3.49. The number of benzene rings is 1. The molecule has 1 aromatic carbocycles. The van der Waals surface area contributed by atoms with Crippen molar-refractivity contribution in [1.29, 1.82) is 0 Å². The van der Waals surface area contributed by atoms with E-state index in [1.165, 1.54) is 18.7 Å². The predicted molar refractivity (Wildman–Crippen MR) is 67.6 cm³/mol. The van der Waals surface area contributed by atoms with E-state index < -0.39 is 5.82 Å². The molecule has 0 radical (unpaired) electrons. The number of aromatic amines is 1. The molecule has 1 N–H and O–H groups in total. The van der Waals surface area contributed by atoms with Gasteiger partial charge in [-0.2, -0.15) is 0 Å². The van der Waals surface area contributed by atoms with E-state index in [1.807, 2.05) is 0 Å². The van der Waals surface area contributed by atoms with Crippen molar-refractivity contribution in [3.05, 3.63) is 42.2 Å². The van der Waals surface area contributed by atoms with E-state index in [4.69, 9.17) is 0 Å². The molecule has 0 aliphatic heterocycles. The Morgan fingerprint density at radius 1 is 1.26 bits per heavy atom. The molecular formula is C12H7FN4OS. The highest BCUT2D eigenvalue weighted by atomic mass is 32.2. The summed E-state index contributed by atoms with van der Waals surface area (Å²) in [6.45, 7) is 0. The first-order valence-electron chi connectivity index (χ1n) is 5.34. The van der Waals surface area contributed by atoms with Crippen molar-refractivity contribution in [2.75, 3.05) is 0 Å². The third-order valence-electron chi connectivity index (χ3n) is 2.49. The summed E-state index contributed by atoms with van der Waals surface area (Å²) in [5.41, 5.74) is 1.49. The molecule has 3 aromatic rings. The summed E-state index contributed by atoms with van der Waals surface area (Å²) in [6, 6.07) is 4.30. The zero-order chi connectivity index (χ0) is 13.2. The number of nitrogens with zero attached hydrogens (tertiary/aromatic N) is 3. The van der Waals surface area contributed by atoms with Gasteiger partial charge in [0.05, 0.1) is 6.33 Å². The molecule has 7 heteroatoms. The maximum Gasteiger partial charge on any atom is 0.181 e. The van der Waals surface area contributed by atoms with Gasteiger partial charge in [-0.1, -0.05) is 17.8 Å². The molecule has 0 unspecified atom stereocenters. The first kappa shape index (κ1) is 11.8. The van der Waals surface area contributed by atoms with Crippen LogP contribution in [-0.2, 0) is 0 Å². The van der Waals surface area contributed by atoms with Gasteiger partial charge in [-0.25, -0.2) is 19.3 Å². The molecule has 0 aliphatic carbocycles. The van der Waals surface area contributed by atoms with E-state index in [2.05, 4.69) is 19.9 Å². The Labute approximate surface area is 111 Å². The number of hydrogen-bond acceptors (Lipinski definition) is 5. The van der Waals surface area contributed by atoms with Crippen molar-refractivity contribution in [1.82, 2.24) is 19.9 Å². The molecule has 2 aromatic heterocycles. The Kier molecular flexibility index (Phi) is 2.96. The number of aromatic nitrogens is 4. The third-order valence-corrected chi connectivity index (χ3v) is 3.54. The van der Waals surface area contributed by atoms with Crippen LogP contribution in [0.25, 0.3) is 11.2 Å². The number of carbonyl (C=O) groups is 1. The average Bonchev–Trinajstić information content (AvgIpc) is 2.90. The van der Waals surface area contributed by atoms with Crippen LogP contribution in [0.15, 0.2) is 40.8 Å². The second-order valence-electron chi connectivity index (χ2n) is 3.69. The van der Waals surface area contributed by atoms with Gasteiger partial charge >= 0.3 is 0 Å². The molecule has 0 aliphatic rings. The second kappa shape index (κ2) is 4.77. The molecule has 0 saturated heterocycles. The zero-order valence-electron chi connectivity index (χ0n) is 9.50. The Bertz CT molecular complexity index is 758. The average molecular weight is 274 g/mol. The Morgan fingerprint density at radius 2 is 2.16 bits per heavy atom. The number of hydrogen-bond donors (Lipinski definition) is 1. The summed E-state index contributed by atoms with van der Waals surface area (Å²) >= 11 is 1.15. The number of nitrogens with one attached hydrogen (secondary N) is 1. The molecule has 0 bridgehead atoms. The minimum atomic E-state index is -0.458. The SMILES string of the molecule is O=Cc1ccc(Sc2ncnc3nc[nH]c23)c(F)c1. The Hall–Kier alpha value is -2.28. The van der Waals surface area contributed by atoms with Crippen molar-refractivity contribution in [2.24, 2.45) is 0 Å². The van der Waals surface area contributed by atoms with Gasteiger partial charge in [0.2, 0.25) is 0 Å². The molecule has 2 heterocycles. The fourth-order valence-corrected chi connectivity index (χ4v) is 2.45. The van der Waals surface area contributed by atoms with Crippen LogP contribution in [-0.4, -0.2) is 26.2 Å². The topological polar surface area (TPSA) is 71.5 Å². The molecular weight excluding hydrogens is 267 g/mol. The van der Waals surface area contributed by atoms with Crippen molar-refractivity contribution in [3.8, 4) is 0 Å². The van der Waals surface area contributed by atoms with Gasteiger partial charge in [0.1, 0.15) is 29.0 Å². The van der Waals surface area contributed by atoms with Gasteiger partial charge in [0, 0.05) is 10.5 Å². The van der Waals surface area contributed by atoms with E-state index in [0.717, 1.165) is 11.8 Å². The quantitative estimate of drug-likeness (QED) is 0.586. The minimum absolute atomic E-state index is 0.302. The van der Waals surface area contributed by atoms with Crippen LogP contribution >= 0.6 is 11.8 Å². The molecule has 0 fully saturated rings. The van der Waals surface area contributed by atoms with Crippen LogP contribution in [0, 0.1) is 5.82 Å². The molecule has 0 saturated carbocycles. The van der Waals surface area contributed by atoms with Gasteiger partial charge in [0.15, 0.2) is 5.65 Å². The highest BCUT2D eigenvalue weighted by Gasteiger charge is 2.11. The Balaban J connectivity index is 2.01. The predicted octanol–water partition coefficient (Wildman–Crippen LogP) is 2.46. The Morgan fingerprint density at radius 3 is 2.95 bits per heavy atom. The monoisotopic (exact) mass is 274 g/mol. The summed E-state index contributed by atoms with van der Waals surface area (Å²) in [4.78, 5) is 26.0. The van der Waals surface area contributed by atoms with Gasteiger partial charge in [-0.05, 0) is 12.1 Å². The largest absolute Gasteiger partial charge is 0.341 e. The number of rotatable bonds is 3. The zero-order valence-corrected chi connectivity index (χ0v) is 10.3. The maximum absolute atomic E-state index is 13.8. The van der Waals surface area contributed by atoms with E-state index in [0.29, 0.717) is 32.9 Å². The highest BCUT2D eigenvalue weighted by Crippen LogP contribution is 2.31. The van der Waals surface area contributed by atoms with Crippen LogP contribution in [0.4, 0.5) is 4.39 Å². The maximum atomic E-state index is 13.8. The number of carbonyl (C=O) groups excluding carboxylic acids is 1. The molecule has 94 valence electrons. The van der Waals surface area contributed by atoms with Crippen LogP contribution in [0.1, 0.15) is 10.4 Å². The summed E-state index contributed by atoms with van der Waals surface area (Å²) in [7, 11) is 0. The normalized spacial score (nSPS) is 10.8. The molecule has 0 spiro atoms. The fourth-order valence-electron chi connectivity index (χ4n) is 1.60. The third kappa shape index (κ3) is 2.19. The van der Waals surface area contributed by atoms with E-state index in [1.54, 1.807) is 12.1 Å². The molecule has 0 atom stereocenters. The molecule has 3 rings (SSSR count). The van der Waals surface area contributed by atoms with Crippen LogP contribution in [0.5, 0.6) is 0 Å². The number of H-pyrrole nitrogens is 1. The van der Waals surface area contributed by atoms with Crippen molar-refractivity contribution in [3.63, 3.8) is 0 Å². The van der Waals surface area contributed by atoms with Gasteiger partial charge < -0.3 is 4.98 Å². The summed E-state index contributed by atoms with van der Waals surface area (Å²) < 4.78 is 13.8. The van der Waals surface area contributed by atoms with Gasteiger partial charge in [0.25, 0.3) is 0 Å². The number of aldehydes is 1. The number of fused-ring (bicyclic) bond motifs is 1. The minimum Gasteiger partial charge on any atom is -0.341 e. The highest BCUT2D eigenvalue weighted by molar-refractivity contribution is 7.99. The van der Waals surface area contributed by atoms with E-state index in [9.17, 15) is 9.18 Å². The van der Waals surface area contributed by atoms with Crippen molar-refractivity contribution in [2.45, 2.75) is 9.92 Å². The smallest absolute Gasteiger partial charge is 0.181 e. The molecule has 0 amide bonds. The van der Waals surface area contributed by atoms with Gasteiger partial charge in [-0.3, -0.25) is 4.79 Å².